The molecule has 0 unspecified atom stereocenters. The quantitative estimate of drug-likeness (QED) is 0.605. The van der Waals surface area contributed by atoms with E-state index in [4.69, 9.17) is 14.7 Å². The highest BCUT2D eigenvalue weighted by Gasteiger charge is 2.48. The number of ether oxygens (including phenoxy) is 1. The molecule has 1 amide bonds. The zero-order valence-corrected chi connectivity index (χ0v) is 20.2. The van der Waals surface area contributed by atoms with Gasteiger partial charge in [0.2, 0.25) is 5.91 Å². The predicted octanol–water partition coefficient (Wildman–Crippen LogP) is 3.20. The van der Waals surface area contributed by atoms with Crippen LogP contribution in [0.1, 0.15) is 51.1 Å². The van der Waals surface area contributed by atoms with Crippen LogP contribution in [0.15, 0.2) is 28.4 Å². The maximum Gasteiger partial charge on any atom is 0.250 e. The van der Waals surface area contributed by atoms with Crippen molar-refractivity contribution in [2.45, 2.75) is 73.6 Å². The van der Waals surface area contributed by atoms with Gasteiger partial charge in [-0.05, 0) is 56.9 Å². The van der Waals surface area contributed by atoms with Crippen LogP contribution in [-0.2, 0) is 16.1 Å². The molecule has 0 bridgehead atoms. The van der Waals surface area contributed by atoms with Crippen molar-refractivity contribution in [2.24, 2.45) is 5.41 Å². The zero-order chi connectivity index (χ0) is 23.3. The number of aliphatic hydroxyl groups is 1. The van der Waals surface area contributed by atoms with Crippen LogP contribution in [0.5, 0.6) is 0 Å². The minimum Gasteiger partial charge on any atom is -0.390 e. The van der Waals surface area contributed by atoms with Crippen LogP contribution in [0.25, 0.3) is 0 Å². The van der Waals surface area contributed by atoms with Crippen LogP contribution in [0, 0.1) is 5.41 Å². The average molecular weight is 483 g/mol. The Labute approximate surface area is 203 Å². The molecule has 4 aliphatic rings. The number of pyridine rings is 1. The summed E-state index contributed by atoms with van der Waals surface area (Å²) >= 11 is 1.42. The summed E-state index contributed by atoms with van der Waals surface area (Å²) in [6, 6.07) is 1.87. The van der Waals surface area contributed by atoms with Gasteiger partial charge in [-0.15, -0.1) is 0 Å². The molecule has 5 heterocycles. The van der Waals surface area contributed by atoms with Gasteiger partial charge >= 0.3 is 0 Å². The second kappa shape index (κ2) is 8.35. The number of aliphatic hydroxyl groups excluding tert-OH is 1. The predicted molar refractivity (Wildman–Crippen MR) is 129 cm³/mol. The fraction of sp³-hybridized carbons (Fsp3) is 0.583. The number of nitrogens with one attached hydrogen (secondary N) is 2. The van der Waals surface area contributed by atoms with Crippen molar-refractivity contribution < 1.29 is 14.6 Å². The molecule has 1 atom stereocenters. The lowest BCUT2D eigenvalue weighted by atomic mass is 9.75. The van der Waals surface area contributed by atoms with Gasteiger partial charge in [0.1, 0.15) is 16.3 Å². The molecule has 0 aromatic carbocycles. The first-order valence-corrected chi connectivity index (χ1v) is 12.9. The molecule has 180 valence electrons. The molecule has 10 heteroatoms. The molecule has 2 aromatic heterocycles. The van der Waals surface area contributed by atoms with Gasteiger partial charge in [-0.1, -0.05) is 11.8 Å². The van der Waals surface area contributed by atoms with Gasteiger partial charge < -0.3 is 25.4 Å². The van der Waals surface area contributed by atoms with Crippen molar-refractivity contribution in [2.75, 3.05) is 35.2 Å². The largest absolute Gasteiger partial charge is 0.390 e. The van der Waals surface area contributed by atoms with Crippen LogP contribution < -0.4 is 15.5 Å². The van der Waals surface area contributed by atoms with E-state index in [0.717, 1.165) is 68.9 Å². The van der Waals surface area contributed by atoms with Crippen molar-refractivity contribution in [1.29, 1.82) is 0 Å². The standard InChI is InChI=1S/C24H30N6O3S/c1-15-11-23(14-33-15)6-9-30(10-7-23)21-16(13-31)27-18(12-26-21)34-17-3-8-25-20-19(17)28-22(32)24(29-20)4-2-5-24/h3,8,12,15,31H,2,4-7,9-11,13-14H2,1H3,(H,25,29)(H,28,32)/t15-/m0/s1. The van der Waals surface area contributed by atoms with E-state index in [0.29, 0.717) is 28.3 Å². The summed E-state index contributed by atoms with van der Waals surface area (Å²) in [5.41, 5.74) is 1.04. The number of hydrogen-bond acceptors (Lipinski definition) is 9. The molecule has 9 nitrogen and oxygen atoms in total. The summed E-state index contributed by atoms with van der Waals surface area (Å²) in [6.45, 7) is 4.61. The molecule has 1 aliphatic carbocycles. The average Bonchev–Trinajstić information content (AvgIpc) is 3.18. The molecule has 2 aromatic rings. The number of piperidine rings is 1. The maximum atomic E-state index is 12.7. The summed E-state index contributed by atoms with van der Waals surface area (Å²) in [6.07, 6.45) is 9.79. The molecule has 1 saturated carbocycles. The van der Waals surface area contributed by atoms with Gasteiger partial charge in [0.25, 0.3) is 0 Å². The van der Waals surface area contributed by atoms with Gasteiger partial charge in [-0.2, -0.15) is 0 Å². The highest BCUT2D eigenvalue weighted by atomic mass is 32.2. The Kier molecular flexibility index (Phi) is 5.42. The summed E-state index contributed by atoms with van der Waals surface area (Å²) in [5.74, 6) is 1.46. The number of anilines is 3. The van der Waals surface area contributed by atoms with E-state index in [1.54, 1.807) is 12.4 Å². The summed E-state index contributed by atoms with van der Waals surface area (Å²) in [4.78, 5) is 29.7. The van der Waals surface area contributed by atoms with Crippen LogP contribution >= 0.6 is 11.8 Å². The van der Waals surface area contributed by atoms with Crippen LogP contribution in [0.4, 0.5) is 17.3 Å². The second-order valence-corrected chi connectivity index (χ2v) is 11.2. The third-order valence-electron chi connectivity index (χ3n) is 7.83. The SMILES string of the molecule is C[C@H]1CC2(CCN(c3ncc(Sc4ccnc5c4NC(=O)C4(CCC4)N5)nc3CO)CC2)CO1. The second-order valence-electron chi connectivity index (χ2n) is 10.1. The summed E-state index contributed by atoms with van der Waals surface area (Å²) < 4.78 is 5.85. The Morgan fingerprint density at radius 1 is 1.26 bits per heavy atom. The normalized spacial score (nSPS) is 24.5. The Morgan fingerprint density at radius 2 is 2.09 bits per heavy atom. The first-order valence-electron chi connectivity index (χ1n) is 12.1. The third kappa shape index (κ3) is 3.72. The summed E-state index contributed by atoms with van der Waals surface area (Å²) in [5, 5.41) is 17.1. The molecular weight excluding hydrogens is 452 g/mol. The van der Waals surface area contributed by atoms with Crippen molar-refractivity contribution in [1.82, 2.24) is 15.0 Å². The molecule has 2 saturated heterocycles. The van der Waals surface area contributed by atoms with E-state index < -0.39 is 5.54 Å². The van der Waals surface area contributed by atoms with Crippen molar-refractivity contribution in [3.05, 3.63) is 24.2 Å². The Balaban J connectivity index is 1.20. The molecule has 0 radical (unpaired) electrons. The van der Waals surface area contributed by atoms with Crippen molar-refractivity contribution in [3.63, 3.8) is 0 Å². The zero-order valence-electron chi connectivity index (χ0n) is 19.3. The van der Waals surface area contributed by atoms with E-state index in [1.807, 2.05) is 6.07 Å². The number of amides is 1. The summed E-state index contributed by atoms with van der Waals surface area (Å²) in [7, 11) is 0. The van der Waals surface area contributed by atoms with E-state index in [2.05, 4.69) is 27.4 Å². The van der Waals surface area contributed by atoms with Crippen LogP contribution in [0.2, 0.25) is 0 Å². The van der Waals surface area contributed by atoms with E-state index >= 15 is 0 Å². The van der Waals surface area contributed by atoms with E-state index in [1.165, 1.54) is 11.8 Å². The van der Waals surface area contributed by atoms with Gasteiger partial charge in [-0.3, -0.25) is 4.79 Å². The number of aromatic nitrogens is 3. The minimum absolute atomic E-state index is 0.00325. The van der Waals surface area contributed by atoms with Crippen molar-refractivity contribution in [3.8, 4) is 0 Å². The molecule has 2 spiro atoms. The smallest absolute Gasteiger partial charge is 0.250 e. The van der Waals surface area contributed by atoms with Gasteiger partial charge in [0.05, 0.1) is 31.2 Å². The lowest BCUT2D eigenvalue weighted by molar-refractivity contribution is -0.123. The van der Waals surface area contributed by atoms with E-state index in [-0.39, 0.29) is 17.9 Å². The number of hydrogen-bond donors (Lipinski definition) is 3. The molecule has 3 aliphatic heterocycles. The Bertz CT molecular complexity index is 1120. The van der Waals surface area contributed by atoms with Gasteiger partial charge in [0.15, 0.2) is 11.6 Å². The van der Waals surface area contributed by atoms with E-state index in [9.17, 15) is 9.90 Å². The van der Waals surface area contributed by atoms with Gasteiger partial charge in [-0.25, -0.2) is 15.0 Å². The molecule has 34 heavy (non-hydrogen) atoms. The maximum absolute atomic E-state index is 12.7. The first-order chi connectivity index (χ1) is 16.5. The highest BCUT2D eigenvalue weighted by Crippen LogP contribution is 2.46. The first kappa shape index (κ1) is 22.1. The minimum atomic E-state index is -0.509. The topological polar surface area (TPSA) is 113 Å². The van der Waals surface area contributed by atoms with Crippen LogP contribution in [-0.4, -0.2) is 57.3 Å². The molecule has 3 fully saturated rings. The van der Waals surface area contributed by atoms with Crippen LogP contribution in [0.3, 0.4) is 0 Å². The van der Waals surface area contributed by atoms with Gasteiger partial charge in [0, 0.05) is 24.2 Å². The fourth-order valence-corrected chi connectivity index (χ4v) is 6.53. The highest BCUT2D eigenvalue weighted by molar-refractivity contribution is 7.99. The fourth-order valence-electron chi connectivity index (χ4n) is 5.67. The lowest BCUT2D eigenvalue weighted by Gasteiger charge is -2.44. The third-order valence-corrected chi connectivity index (χ3v) is 8.80. The lowest BCUT2D eigenvalue weighted by Crippen LogP contribution is -2.57. The Hall–Kier alpha value is -2.43. The number of fused-ring (bicyclic) bond motifs is 1. The van der Waals surface area contributed by atoms with Crippen molar-refractivity contribution >= 4 is 35.0 Å². The Morgan fingerprint density at radius 3 is 2.76 bits per heavy atom. The molecular formula is C24H30N6O3S. The number of rotatable bonds is 4. The molecule has 6 rings (SSSR count). The number of nitrogens with zero attached hydrogens (tertiary/aromatic N) is 4. The number of carbonyl (C=O) groups excluding carboxylic acids is 1. The number of carbonyl (C=O) groups is 1. The monoisotopic (exact) mass is 482 g/mol. The molecule has 3 N–H and O–H groups in total.